The molecule has 1 aromatic carbocycles. The van der Waals surface area contributed by atoms with Gasteiger partial charge in [0.1, 0.15) is 5.69 Å². The normalized spacial score (nSPS) is 10.8. The van der Waals surface area contributed by atoms with E-state index in [9.17, 15) is 9.18 Å². The Morgan fingerprint density at radius 2 is 1.81 bits per heavy atom. The van der Waals surface area contributed by atoms with Crippen molar-refractivity contribution in [1.82, 2.24) is 9.97 Å². The molecule has 0 saturated heterocycles. The van der Waals surface area contributed by atoms with Gasteiger partial charge in [-0.15, -0.1) is 0 Å². The second-order valence-electron chi connectivity index (χ2n) is 6.26. The van der Waals surface area contributed by atoms with Gasteiger partial charge in [-0.1, -0.05) is 26.0 Å². The van der Waals surface area contributed by atoms with E-state index in [1.54, 1.807) is 36.5 Å². The zero-order valence-electron chi connectivity index (χ0n) is 14.5. The fourth-order valence-corrected chi connectivity index (χ4v) is 2.46. The van der Waals surface area contributed by atoms with Crippen LogP contribution in [0.15, 0.2) is 54.9 Å². The molecule has 0 aliphatic rings. The highest BCUT2D eigenvalue weighted by molar-refractivity contribution is 6.04. The van der Waals surface area contributed by atoms with Gasteiger partial charge in [-0.05, 0) is 47.4 Å². The molecule has 2 heterocycles. The maximum Gasteiger partial charge on any atom is 0.274 e. The fraction of sp³-hybridized carbons (Fsp3) is 0.150. The number of pyridine rings is 2. The minimum absolute atomic E-state index is 0.308. The van der Waals surface area contributed by atoms with Crippen LogP contribution in [0.1, 0.15) is 35.8 Å². The van der Waals surface area contributed by atoms with Gasteiger partial charge < -0.3 is 11.1 Å². The van der Waals surface area contributed by atoms with Gasteiger partial charge in [0.2, 0.25) is 5.95 Å². The predicted molar refractivity (Wildman–Crippen MR) is 100 cm³/mol. The van der Waals surface area contributed by atoms with Gasteiger partial charge in [-0.2, -0.15) is 4.39 Å². The Labute approximate surface area is 151 Å². The largest absolute Gasteiger partial charge is 0.397 e. The van der Waals surface area contributed by atoms with Crippen LogP contribution in [0.3, 0.4) is 0 Å². The highest BCUT2D eigenvalue weighted by atomic mass is 19.1. The lowest BCUT2D eigenvalue weighted by molar-refractivity contribution is 0.102. The summed E-state index contributed by atoms with van der Waals surface area (Å²) in [5.74, 6) is -0.550. The van der Waals surface area contributed by atoms with Crippen molar-refractivity contribution in [3.8, 4) is 11.1 Å². The van der Waals surface area contributed by atoms with Gasteiger partial charge in [0.25, 0.3) is 5.91 Å². The first-order chi connectivity index (χ1) is 12.4. The maximum absolute atomic E-state index is 13.0. The molecule has 3 aromatic rings. The third-order valence-corrected chi connectivity index (χ3v) is 4.05. The molecule has 0 spiro atoms. The van der Waals surface area contributed by atoms with Gasteiger partial charge in [-0.3, -0.25) is 9.78 Å². The van der Waals surface area contributed by atoms with Crippen molar-refractivity contribution in [2.75, 3.05) is 11.1 Å². The summed E-state index contributed by atoms with van der Waals surface area (Å²) in [4.78, 5) is 20.3. The van der Waals surface area contributed by atoms with Crippen LogP contribution in [-0.2, 0) is 0 Å². The van der Waals surface area contributed by atoms with Crippen molar-refractivity contribution in [1.29, 1.82) is 0 Å². The number of nitrogen functional groups attached to an aromatic ring is 1. The van der Waals surface area contributed by atoms with Gasteiger partial charge in [0.05, 0.1) is 11.4 Å². The summed E-state index contributed by atoms with van der Waals surface area (Å²) in [5.41, 5.74) is 9.72. The summed E-state index contributed by atoms with van der Waals surface area (Å²) in [6.07, 6.45) is 3.13. The van der Waals surface area contributed by atoms with E-state index < -0.39 is 5.95 Å². The van der Waals surface area contributed by atoms with Gasteiger partial charge in [-0.25, -0.2) is 4.98 Å². The second-order valence-corrected chi connectivity index (χ2v) is 6.26. The van der Waals surface area contributed by atoms with Crippen molar-refractivity contribution in [2.45, 2.75) is 19.8 Å². The molecule has 6 heteroatoms. The number of nitrogens with zero attached hydrogens (tertiary/aromatic N) is 2. The van der Waals surface area contributed by atoms with Gasteiger partial charge >= 0.3 is 0 Å². The van der Waals surface area contributed by atoms with E-state index in [1.165, 1.54) is 12.3 Å². The second kappa shape index (κ2) is 7.31. The molecule has 26 heavy (non-hydrogen) atoms. The number of rotatable bonds is 4. The van der Waals surface area contributed by atoms with Crippen LogP contribution >= 0.6 is 0 Å². The zero-order valence-corrected chi connectivity index (χ0v) is 14.5. The topological polar surface area (TPSA) is 80.9 Å². The first kappa shape index (κ1) is 17.5. The van der Waals surface area contributed by atoms with Crippen LogP contribution in [-0.4, -0.2) is 15.9 Å². The van der Waals surface area contributed by atoms with E-state index in [1.807, 2.05) is 6.07 Å². The van der Waals surface area contributed by atoms with Crippen molar-refractivity contribution >= 4 is 17.3 Å². The quantitative estimate of drug-likeness (QED) is 0.545. The third-order valence-electron chi connectivity index (χ3n) is 4.05. The molecular weight excluding hydrogens is 331 g/mol. The molecule has 3 rings (SSSR count). The Hall–Kier alpha value is -3.28. The summed E-state index contributed by atoms with van der Waals surface area (Å²) in [7, 11) is 0. The summed E-state index contributed by atoms with van der Waals surface area (Å²) in [6, 6.07) is 11.7. The number of nitrogens with one attached hydrogen (secondary N) is 1. The molecule has 132 valence electrons. The number of anilines is 2. The van der Waals surface area contributed by atoms with Crippen LogP contribution in [0.4, 0.5) is 15.8 Å². The molecule has 0 radical (unpaired) electrons. The molecule has 2 aromatic heterocycles. The minimum atomic E-state index is -0.548. The van der Waals surface area contributed by atoms with Crippen LogP contribution in [0.5, 0.6) is 0 Å². The lowest BCUT2D eigenvalue weighted by Crippen LogP contribution is -2.15. The van der Waals surface area contributed by atoms with Crippen molar-refractivity contribution in [2.24, 2.45) is 0 Å². The third kappa shape index (κ3) is 3.85. The number of carbonyl (C=O) groups is 1. The first-order valence-corrected chi connectivity index (χ1v) is 8.23. The van der Waals surface area contributed by atoms with E-state index in [0.717, 1.165) is 16.7 Å². The summed E-state index contributed by atoms with van der Waals surface area (Å²) in [5, 5.41) is 2.78. The van der Waals surface area contributed by atoms with Crippen molar-refractivity contribution < 1.29 is 9.18 Å². The Balaban J connectivity index is 1.83. The zero-order chi connectivity index (χ0) is 18.7. The number of halogens is 1. The molecule has 0 atom stereocenters. The van der Waals surface area contributed by atoms with E-state index in [4.69, 9.17) is 5.73 Å². The van der Waals surface area contributed by atoms with Crippen molar-refractivity contribution in [3.63, 3.8) is 0 Å². The molecule has 0 aliphatic carbocycles. The molecule has 0 unspecified atom stereocenters. The molecule has 0 saturated carbocycles. The average Bonchev–Trinajstić information content (AvgIpc) is 2.64. The number of benzene rings is 1. The van der Waals surface area contributed by atoms with Crippen LogP contribution in [0.25, 0.3) is 11.1 Å². The molecule has 3 N–H and O–H groups in total. The van der Waals surface area contributed by atoms with Gasteiger partial charge in [0, 0.05) is 18.0 Å². The highest BCUT2D eigenvalue weighted by Gasteiger charge is 2.11. The molecular formula is C20H19FN4O. The maximum atomic E-state index is 13.0. The molecule has 5 nitrogen and oxygen atoms in total. The number of carbonyl (C=O) groups excluding carboxylic acids is 1. The Morgan fingerprint density at radius 1 is 1.04 bits per heavy atom. The number of hydrogen-bond acceptors (Lipinski definition) is 4. The smallest absolute Gasteiger partial charge is 0.274 e. The lowest BCUT2D eigenvalue weighted by atomic mass is 10.1. The highest BCUT2D eigenvalue weighted by Crippen LogP contribution is 2.27. The monoisotopic (exact) mass is 350 g/mol. The summed E-state index contributed by atoms with van der Waals surface area (Å²) >= 11 is 0. The summed E-state index contributed by atoms with van der Waals surface area (Å²) < 4.78 is 13.0. The number of amides is 1. The van der Waals surface area contributed by atoms with Crippen LogP contribution < -0.4 is 11.1 Å². The van der Waals surface area contributed by atoms with Crippen LogP contribution in [0.2, 0.25) is 0 Å². The lowest BCUT2D eigenvalue weighted by Gasteiger charge is -2.11. The molecule has 0 fully saturated rings. The SMILES string of the molecule is CC(C)c1ccc(C(=O)Nc2cc(-c3ccc(F)nc3)ccc2N)nc1. The number of nitrogens with two attached hydrogens (primary N) is 1. The summed E-state index contributed by atoms with van der Waals surface area (Å²) in [6.45, 7) is 4.13. The predicted octanol–water partition coefficient (Wildman–Crippen LogP) is 4.24. The van der Waals surface area contributed by atoms with E-state index in [-0.39, 0.29) is 5.91 Å². The average molecular weight is 350 g/mol. The standard InChI is InChI=1S/C20H19FN4O/c1-12(2)14-4-7-17(23-10-14)20(26)25-18-9-13(3-6-16(18)22)15-5-8-19(21)24-11-15/h3-12H,22H2,1-2H3,(H,25,26). The Kier molecular flexibility index (Phi) is 4.93. The van der Waals surface area contributed by atoms with Crippen LogP contribution in [0, 0.1) is 5.95 Å². The fourth-order valence-electron chi connectivity index (χ4n) is 2.46. The Bertz CT molecular complexity index is 922. The van der Waals surface area contributed by atoms with Gasteiger partial charge in [0.15, 0.2) is 0 Å². The molecule has 0 aliphatic heterocycles. The van der Waals surface area contributed by atoms with E-state index in [2.05, 4.69) is 29.1 Å². The first-order valence-electron chi connectivity index (χ1n) is 8.23. The molecule has 0 bridgehead atoms. The number of aromatic nitrogens is 2. The number of hydrogen-bond donors (Lipinski definition) is 2. The molecule has 1 amide bonds. The minimum Gasteiger partial charge on any atom is -0.397 e. The van der Waals surface area contributed by atoms with E-state index >= 15 is 0 Å². The van der Waals surface area contributed by atoms with Crippen molar-refractivity contribution in [3.05, 3.63) is 72.1 Å². The van der Waals surface area contributed by atoms with E-state index in [0.29, 0.717) is 23.0 Å². The Morgan fingerprint density at radius 3 is 2.42 bits per heavy atom.